The molecule has 1 aromatic carbocycles. The Balaban J connectivity index is 2.07. The van der Waals surface area contributed by atoms with Crippen molar-refractivity contribution in [2.24, 2.45) is 5.73 Å². The van der Waals surface area contributed by atoms with E-state index in [0.717, 1.165) is 0 Å². The average Bonchev–Trinajstić information content (AvgIpc) is 2.37. The molecule has 5 nitrogen and oxygen atoms in total. The van der Waals surface area contributed by atoms with Crippen molar-refractivity contribution in [2.75, 3.05) is 0 Å². The Labute approximate surface area is 109 Å². The summed E-state index contributed by atoms with van der Waals surface area (Å²) in [6.07, 6.45) is 3.30. The van der Waals surface area contributed by atoms with Crippen LogP contribution in [0.3, 0.4) is 0 Å². The first-order valence-electron chi connectivity index (χ1n) is 5.19. The number of hydrogen-bond donors (Lipinski definition) is 2. The van der Waals surface area contributed by atoms with E-state index in [2.05, 4.69) is 9.97 Å². The highest BCUT2D eigenvalue weighted by molar-refractivity contribution is 6.34. The number of nitrogens with one attached hydrogen (secondary N) is 1. The number of hydrogen-bond acceptors (Lipinski definition) is 4. The summed E-state index contributed by atoms with van der Waals surface area (Å²) in [6, 6.07) is 6.70. The Morgan fingerprint density at radius 1 is 1.33 bits per heavy atom. The molecule has 6 heteroatoms. The molecule has 0 amide bonds. The zero-order valence-electron chi connectivity index (χ0n) is 9.43. The minimum Gasteiger partial charge on any atom is -0.486 e. The van der Waals surface area contributed by atoms with Gasteiger partial charge in [0.05, 0.1) is 5.02 Å². The van der Waals surface area contributed by atoms with Gasteiger partial charge in [-0.05, 0) is 24.3 Å². The summed E-state index contributed by atoms with van der Waals surface area (Å²) >= 11 is 5.97. The normalized spacial score (nSPS) is 10.1. The summed E-state index contributed by atoms with van der Waals surface area (Å²) in [6.45, 7) is 0.261. The highest BCUT2D eigenvalue weighted by atomic mass is 35.5. The highest BCUT2D eigenvalue weighted by Gasteiger charge is 2.05. The summed E-state index contributed by atoms with van der Waals surface area (Å²) in [5.74, 6) is 1.10. The van der Waals surface area contributed by atoms with Crippen LogP contribution in [0.5, 0.6) is 5.75 Å². The first-order valence-corrected chi connectivity index (χ1v) is 5.57. The molecule has 0 unspecified atom stereocenters. The van der Waals surface area contributed by atoms with E-state index < -0.39 is 0 Å². The van der Waals surface area contributed by atoms with Crippen LogP contribution >= 0.6 is 11.6 Å². The van der Waals surface area contributed by atoms with E-state index in [1.165, 1.54) is 0 Å². The third kappa shape index (κ3) is 2.95. The number of aromatic nitrogens is 2. The Kier molecular flexibility index (Phi) is 3.74. The van der Waals surface area contributed by atoms with Gasteiger partial charge in [0.15, 0.2) is 5.82 Å². The van der Waals surface area contributed by atoms with Gasteiger partial charge in [-0.15, -0.1) is 0 Å². The van der Waals surface area contributed by atoms with Gasteiger partial charge < -0.3 is 10.5 Å². The van der Waals surface area contributed by atoms with Gasteiger partial charge in [-0.25, -0.2) is 9.97 Å². The fraction of sp³-hybridized carbons (Fsp3) is 0.0833. The standard InChI is InChI=1S/C12H11ClN4O/c13-10-6-8(2-3-9(10)12(14)15)18-7-11-16-4-1-5-17-11/h1-6H,7H2,(H3,14,15). The monoisotopic (exact) mass is 262 g/mol. The molecule has 18 heavy (non-hydrogen) atoms. The Morgan fingerprint density at radius 3 is 2.67 bits per heavy atom. The summed E-state index contributed by atoms with van der Waals surface area (Å²) in [5, 5.41) is 7.70. The van der Waals surface area contributed by atoms with Gasteiger partial charge in [0.25, 0.3) is 0 Å². The largest absolute Gasteiger partial charge is 0.486 e. The molecular weight excluding hydrogens is 252 g/mol. The Bertz CT molecular complexity index is 559. The first-order chi connectivity index (χ1) is 8.66. The molecule has 0 aliphatic rings. The maximum absolute atomic E-state index is 7.32. The molecule has 0 fully saturated rings. The van der Waals surface area contributed by atoms with Crippen LogP contribution < -0.4 is 10.5 Å². The molecule has 0 bridgehead atoms. The van der Waals surface area contributed by atoms with Crippen molar-refractivity contribution in [1.82, 2.24) is 9.97 Å². The quantitative estimate of drug-likeness (QED) is 0.652. The predicted molar refractivity (Wildman–Crippen MR) is 68.8 cm³/mol. The van der Waals surface area contributed by atoms with E-state index >= 15 is 0 Å². The highest BCUT2D eigenvalue weighted by Crippen LogP contribution is 2.22. The molecule has 2 aromatic rings. The topological polar surface area (TPSA) is 84.9 Å². The molecule has 92 valence electrons. The second-order valence-electron chi connectivity index (χ2n) is 3.51. The number of nitrogens with zero attached hydrogens (tertiary/aromatic N) is 2. The third-order valence-corrected chi connectivity index (χ3v) is 2.53. The molecule has 0 aliphatic carbocycles. The van der Waals surface area contributed by atoms with Crippen molar-refractivity contribution in [3.05, 3.63) is 53.1 Å². The molecular formula is C12H11ClN4O. The van der Waals surface area contributed by atoms with Gasteiger partial charge in [-0.3, -0.25) is 5.41 Å². The third-order valence-electron chi connectivity index (χ3n) is 2.22. The number of nitrogen functional groups attached to an aromatic ring is 1. The fourth-order valence-corrected chi connectivity index (χ4v) is 1.63. The lowest BCUT2D eigenvalue weighted by Crippen LogP contribution is -2.11. The number of nitrogens with two attached hydrogens (primary N) is 1. The fourth-order valence-electron chi connectivity index (χ4n) is 1.36. The van der Waals surface area contributed by atoms with Gasteiger partial charge in [0.2, 0.25) is 0 Å². The van der Waals surface area contributed by atoms with Gasteiger partial charge in [0, 0.05) is 18.0 Å². The molecule has 1 heterocycles. The van der Waals surface area contributed by atoms with E-state index in [1.807, 2.05) is 0 Å². The number of halogens is 1. The molecule has 2 rings (SSSR count). The van der Waals surface area contributed by atoms with Crippen LogP contribution in [-0.4, -0.2) is 15.8 Å². The Morgan fingerprint density at radius 2 is 2.06 bits per heavy atom. The SMILES string of the molecule is N=C(N)c1ccc(OCc2ncccn2)cc1Cl. The summed E-state index contributed by atoms with van der Waals surface area (Å²) in [5.41, 5.74) is 5.85. The van der Waals surface area contributed by atoms with Crippen LogP contribution in [-0.2, 0) is 6.61 Å². The van der Waals surface area contributed by atoms with Crippen LogP contribution in [0.25, 0.3) is 0 Å². The van der Waals surface area contributed by atoms with Crippen LogP contribution in [0.1, 0.15) is 11.4 Å². The van der Waals surface area contributed by atoms with Gasteiger partial charge in [-0.2, -0.15) is 0 Å². The molecule has 0 saturated heterocycles. The van der Waals surface area contributed by atoms with Crippen LogP contribution in [0, 0.1) is 5.41 Å². The lowest BCUT2D eigenvalue weighted by atomic mass is 10.2. The van der Waals surface area contributed by atoms with E-state index in [-0.39, 0.29) is 12.4 Å². The van der Waals surface area contributed by atoms with Crippen molar-refractivity contribution >= 4 is 17.4 Å². The molecule has 0 radical (unpaired) electrons. The second kappa shape index (κ2) is 5.46. The Hall–Kier alpha value is -2.14. The van der Waals surface area contributed by atoms with Gasteiger partial charge in [-0.1, -0.05) is 11.6 Å². The minimum atomic E-state index is -0.0713. The number of benzene rings is 1. The summed E-state index contributed by atoms with van der Waals surface area (Å²) in [4.78, 5) is 8.08. The van der Waals surface area contributed by atoms with Gasteiger partial charge >= 0.3 is 0 Å². The molecule has 1 aromatic heterocycles. The van der Waals surface area contributed by atoms with Crippen LogP contribution in [0.2, 0.25) is 5.02 Å². The van der Waals surface area contributed by atoms with Gasteiger partial charge in [0.1, 0.15) is 18.2 Å². The summed E-state index contributed by atoms with van der Waals surface area (Å²) < 4.78 is 5.49. The molecule has 0 saturated carbocycles. The van der Waals surface area contributed by atoms with Crippen molar-refractivity contribution in [2.45, 2.75) is 6.61 Å². The molecule has 0 spiro atoms. The van der Waals surface area contributed by atoms with Crippen molar-refractivity contribution in [3.8, 4) is 5.75 Å². The van der Waals surface area contributed by atoms with Crippen molar-refractivity contribution < 1.29 is 4.74 Å². The lowest BCUT2D eigenvalue weighted by Gasteiger charge is -2.07. The van der Waals surface area contributed by atoms with E-state index in [1.54, 1.807) is 36.7 Å². The molecule has 0 atom stereocenters. The average molecular weight is 263 g/mol. The van der Waals surface area contributed by atoms with Crippen LogP contribution in [0.15, 0.2) is 36.7 Å². The van der Waals surface area contributed by atoms with E-state index in [0.29, 0.717) is 22.2 Å². The lowest BCUT2D eigenvalue weighted by molar-refractivity contribution is 0.296. The number of ether oxygens (including phenoxy) is 1. The zero-order chi connectivity index (χ0) is 13.0. The summed E-state index contributed by atoms with van der Waals surface area (Å²) in [7, 11) is 0. The maximum atomic E-state index is 7.32. The molecule has 0 aliphatic heterocycles. The minimum absolute atomic E-state index is 0.0713. The maximum Gasteiger partial charge on any atom is 0.166 e. The van der Waals surface area contributed by atoms with Crippen molar-refractivity contribution in [1.29, 1.82) is 5.41 Å². The number of rotatable bonds is 4. The van der Waals surface area contributed by atoms with Crippen LogP contribution in [0.4, 0.5) is 0 Å². The number of amidine groups is 1. The smallest absolute Gasteiger partial charge is 0.166 e. The van der Waals surface area contributed by atoms with E-state index in [9.17, 15) is 0 Å². The molecule has 3 N–H and O–H groups in total. The van der Waals surface area contributed by atoms with Crippen molar-refractivity contribution in [3.63, 3.8) is 0 Å². The second-order valence-corrected chi connectivity index (χ2v) is 3.92. The van der Waals surface area contributed by atoms with E-state index in [4.69, 9.17) is 27.5 Å². The predicted octanol–water partition coefficient (Wildman–Crippen LogP) is 1.99. The zero-order valence-corrected chi connectivity index (χ0v) is 10.2. The first kappa shape index (κ1) is 12.3.